The molecule has 1 fully saturated rings. The third-order valence-electron chi connectivity index (χ3n) is 1.75. The molecule has 1 heterocycles. The Morgan fingerprint density at radius 2 is 2.09 bits per heavy atom. The molecule has 0 aromatic heterocycles. The van der Waals surface area contributed by atoms with Crippen LogP contribution in [0, 0.1) is 5.92 Å². The Bertz CT molecular complexity index is 128. The molecule has 1 aliphatic heterocycles. The van der Waals surface area contributed by atoms with Crippen LogP contribution >= 0.6 is 0 Å². The van der Waals surface area contributed by atoms with Gasteiger partial charge in [0.25, 0.3) is 0 Å². The second-order valence-electron chi connectivity index (χ2n) is 2.61. The van der Waals surface area contributed by atoms with Crippen LogP contribution in [0.5, 0.6) is 0 Å². The molecule has 0 aliphatic carbocycles. The highest BCUT2D eigenvalue weighted by molar-refractivity contribution is 4.77. The Labute approximate surface area is 62.0 Å². The predicted molar refractivity (Wildman–Crippen MR) is 31.0 cm³/mol. The summed E-state index contributed by atoms with van der Waals surface area (Å²) in [6, 6.07) is 0. The van der Waals surface area contributed by atoms with Crippen molar-refractivity contribution >= 4 is 0 Å². The maximum absolute atomic E-state index is 11.8. The molecule has 0 aromatic rings. The highest BCUT2D eigenvalue weighted by Crippen LogP contribution is 2.29. The van der Waals surface area contributed by atoms with Gasteiger partial charge >= 0.3 is 6.18 Å². The molecule has 1 aliphatic rings. The summed E-state index contributed by atoms with van der Waals surface area (Å²) in [7, 11) is 0. The number of aliphatic hydroxyl groups is 1. The number of alkyl halides is 3. The molecule has 1 rings (SSSR count). The summed E-state index contributed by atoms with van der Waals surface area (Å²) >= 11 is 0. The van der Waals surface area contributed by atoms with Crippen molar-refractivity contribution in [3.8, 4) is 0 Å². The van der Waals surface area contributed by atoms with Crippen molar-refractivity contribution in [1.82, 2.24) is 0 Å². The van der Waals surface area contributed by atoms with Crippen molar-refractivity contribution in [1.29, 1.82) is 0 Å². The lowest BCUT2D eigenvalue weighted by Gasteiger charge is -2.18. The van der Waals surface area contributed by atoms with Crippen LogP contribution in [0.25, 0.3) is 0 Å². The molecule has 0 bridgehead atoms. The molecule has 0 saturated carbocycles. The maximum atomic E-state index is 11.8. The number of halogens is 3. The Balaban J connectivity index is 2.46. The van der Waals surface area contributed by atoms with E-state index in [0.29, 0.717) is 13.0 Å². The average molecular weight is 170 g/mol. The van der Waals surface area contributed by atoms with E-state index in [2.05, 4.69) is 0 Å². The van der Waals surface area contributed by atoms with Gasteiger partial charge in [-0.25, -0.2) is 0 Å². The van der Waals surface area contributed by atoms with Crippen LogP contribution in [-0.4, -0.2) is 30.6 Å². The van der Waals surface area contributed by atoms with Gasteiger partial charge in [-0.2, -0.15) is 13.2 Å². The molecular formula is C6H9F3O2. The average Bonchev–Trinajstić information content (AvgIpc) is 2.34. The number of rotatable bonds is 1. The van der Waals surface area contributed by atoms with Crippen molar-refractivity contribution in [2.24, 2.45) is 5.92 Å². The van der Waals surface area contributed by atoms with Gasteiger partial charge < -0.3 is 9.84 Å². The number of hydrogen-bond acceptors (Lipinski definition) is 2. The van der Waals surface area contributed by atoms with Gasteiger partial charge in [-0.15, -0.1) is 0 Å². The topological polar surface area (TPSA) is 29.5 Å². The van der Waals surface area contributed by atoms with Gasteiger partial charge in [-0.1, -0.05) is 0 Å². The van der Waals surface area contributed by atoms with Gasteiger partial charge in [-0.05, 0) is 6.42 Å². The minimum absolute atomic E-state index is 0.0146. The zero-order chi connectivity index (χ0) is 8.48. The minimum atomic E-state index is -4.50. The van der Waals surface area contributed by atoms with E-state index < -0.39 is 18.2 Å². The fourth-order valence-electron chi connectivity index (χ4n) is 1.07. The quantitative estimate of drug-likeness (QED) is 0.634. The van der Waals surface area contributed by atoms with Gasteiger partial charge in [0.2, 0.25) is 0 Å². The van der Waals surface area contributed by atoms with Gasteiger partial charge in [0.1, 0.15) is 0 Å². The molecule has 0 unspecified atom stereocenters. The molecule has 0 aromatic carbocycles. The van der Waals surface area contributed by atoms with Crippen LogP contribution < -0.4 is 0 Å². The third kappa shape index (κ3) is 2.07. The Morgan fingerprint density at radius 3 is 2.45 bits per heavy atom. The van der Waals surface area contributed by atoms with Gasteiger partial charge in [0, 0.05) is 12.5 Å². The first-order valence-corrected chi connectivity index (χ1v) is 3.34. The van der Waals surface area contributed by atoms with Crippen molar-refractivity contribution in [3.05, 3.63) is 0 Å². The fraction of sp³-hybridized carbons (Fsp3) is 1.00. The van der Waals surface area contributed by atoms with Crippen LogP contribution in [0.15, 0.2) is 0 Å². The van der Waals surface area contributed by atoms with Gasteiger partial charge in [0.15, 0.2) is 6.10 Å². The smallest absolute Gasteiger partial charge is 0.383 e. The summed E-state index contributed by atoms with van der Waals surface area (Å²) in [6.07, 6.45) is -6.43. The zero-order valence-electron chi connectivity index (χ0n) is 5.77. The Kier molecular flexibility index (Phi) is 2.39. The lowest BCUT2D eigenvalue weighted by atomic mass is 10.0. The van der Waals surface area contributed by atoms with Crippen molar-refractivity contribution in [3.63, 3.8) is 0 Å². The molecule has 1 saturated heterocycles. The standard InChI is InChI=1S/C6H9F3O2/c7-6(8,9)5(10)4-1-2-11-3-4/h4-5,10H,1-3H2/t4-,5+/m1/s1. The van der Waals surface area contributed by atoms with Crippen LogP contribution in [0.4, 0.5) is 13.2 Å². The first-order valence-electron chi connectivity index (χ1n) is 3.34. The summed E-state index contributed by atoms with van der Waals surface area (Å²) in [5.41, 5.74) is 0. The summed E-state index contributed by atoms with van der Waals surface area (Å²) in [5, 5.41) is 8.68. The van der Waals surface area contributed by atoms with Gasteiger partial charge in [-0.3, -0.25) is 0 Å². The summed E-state index contributed by atoms with van der Waals surface area (Å²) in [4.78, 5) is 0. The molecular weight excluding hydrogens is 161 g/mol. The number of aliphatic hydroxyl groups excluding tert-OH is 1. The van der Waals surface area contributed by atoms with E-state index >= 15 is 0 Å². The van der Waals surface area contributed by atoms with Gasteiger partial charge in [0.05, 0.1) is 6.61 Å². The molecule has 0 amide bonds. The van der Waals surface area contributed by atoms with E-state index in [4.69, 9.17) is 9.84 Å². The summed E-state index contributed by atoms with van der Waals surface area (Å²) in [6.45, 7) is 0.332. The predicted octanol–water partition coefficient (Wildman–Crippen LogP) is 0.946. The lowest BCUT2D eigenvalue weighted by molar-refractivity contribution is -0.218. The number of ether oxygens (including phenoxy) is 1. The summed E-state index contributed by atoms with van der Waals surface area (Å²) in [5.74, 6) is -0.769. The molecule has 11 heavy (non-hydrogen) atoms. The van der Waals surface area contributed by atoms with E-state index in [1.54, 1.807) is 0 Å². The first-order chi connectivity index (χ1) is 5.02. The van der Waals surface area contributed by atoms with E-state index in [0.717, 1.165) is 0 Å². The fourth-order valence-corrected chi connectivity index (χ4v) is 1.07. The van der Waals surface area contributed by atoms with Crippen molar-refractivity contribution in [2.75, 3.05) is 13.2 Å². The highest BCUT2D eigenvalue weighted by Gasteiger charge is 2.44. The number of hydrogen-bond donors (Lipinski definition) is 1. The van der Waals surface area contributed by atoms with E-state index in [1.165, 1.54) is 0 Å². The van der Waals surface area contributed by atoms with Crippen LogP contribution in [0.3, 0.4) is 0 Å². The summed E-state index contributed by atoms with van der Waals surface area (Å²) < 4.78 is 40.1. The lowest BCUT2D eigenvalue weighted by Crippen LogP contribution is -2.36. The molecule has 1 N–H and O–H groups in total. The third-order valence-corrected chi connectivity index (χ3v) is 1.75. The van der Waals surface area contributed by atoms with Crippen LogP contribution in [-0.2, 0) is 4.74 Å². The Hall–Kier alpha value is -0.290. The zero-order valence-corrected chi connectivity index (χ0v) is 5.77. The Morgan fingerprint density at radius 1 is 1.45 bits per heavy atom. The van der Waals surface area contributed by atoms with E-state index in [1.807, 2.05) is 0 Å². The largest absolute Gasteiger partial charge is 0.414 e. The molecule has 0 radical (unpaired) electrons. The van der Waals surface area contributed by atoms with Crippen LogP contribution in [0.2, 0.25) is 0 Å². The SMILES string of the molecule is O[C@@H]([C@@H]1CCOC1)C(F)(F)F. The second kappa shape index (κ2) is 2.98. The molecule has 66 valence electrons. The van der Waals surface area contributed by atoms with E-state index in [-0.39, 0.29) is 6.61 Å². The molecule has 0 spiro atoms. The molecule has 2 atom stereocenters. The second-order valence-corrected chi connectivity index (χ2v) is 2.61. The molecule has 2 nitrogen and oxygen atoms in total. The van der Waals surface area contributed by atoms with Crippen molar-refractivity contribution in [2.45, 2.75) is 18.7 Å². The highest BCUT2D eigenvalue weighted by atomic mass is 19.4. The normalized spacial score (nSPS) is 28.9. The molecule has 5 heteroatoms. The van der Waals surface area contributed by atoms with Crippen molar-refractivity contribution < 1.29 is 23.0 Å². The van der Waals surface area contributed by atoms with E-state index in [9.17, 15) is 13.2 Å². The monoisotopic (exact) mass is 170 g/mol. The van der Waals surface area contributed by atoms with Crippen LogP contribution in [0.1, 0.15) is 6.42 Å². The minimum Gasteiger partial charge on any atom is -0.383 e. The maximum Gasteiger partial charge on any atom is 0.414 e. The first kappa shape index (κ1) is 8.80.